The van der Waals surface area contributed by atoms with E-state index in [0.29, 0.717) is 12.8 Å². The number of ether oxygens (including phenoxy) is 1. The van der Waals surface area contributed by atoms with Gasteiger partial charge in [0.1, 0.15) is 5.75 Å². The molecule has 1 aliphatic carbocycles. The van der Waals surface area contributed by atoms with Crippen LogP contribution in [0.3, 0.4) is 0 Å². The SMILES string of the molecule is CC(C)Oc1cccc(C(C)NC(=O)CC2(C(=O)O)CCC2)c1. The van der Waals surface area contributed by atoms with Crippen molar-refractivity contribution in [1.82, 2.24) is 5.32 Å². The van der Waals surface area contributed by atoms with E-state index in [1.165, 1.54) is 0 Å². The fourth-order valence-electron chi connectivity index (χ4n) is 2.88. The van der Waals surface area contributed by atoms with E-state index in [-0.39, 0.29) is 24.5 Å². The first-order valence-electron chi connectivity index (χ1n) is 8.12. The van der Waals surface area contributed by atoms with E-state index in [1.54, 1.807) is 0 Å². The van der Waals surface area contributed by atoms with Gasteiger partial charge >= 0.3 is 5.97 Å². The Morgan fingerprint density at radius 2 is 2.00 bits per heavy atom. The minimum absolute atomic E-state index is 0.0505. The van der Waals surface area contributed by atoms with Gasteiger partial charge < -0.3 is 15.2 Å². The number of hydrogen-bond acceptors (Lipinski definition) is 3. The molecule has 5 heteroatoms. The van der Waals surface area contributed by atoms with E-state index in [9.17, 15) is 14.7 Å². The summed E-state index contributed by atoms with van der Waals surface area (Å²) in [5.74, 6) is -0.312. The number of aliphatic carboxylic acids is 1. The van der Waals surface area contributed by atoms with Crippen LogP contribution in [0.5, 0.6) is 5.75 Å². The minimum atomic E-state index is -0.862. The Labute approximate surface area is 137 Å². The average Bonchev–Trinajstić information content (AvgIpc) is 2.42. The zero-order valence-corrected chi connectivity index (χ0v) is 14.0. The predicted octanol–water partition coefficient (Wildman–Crippen LogP) is 3.30. The molecule has 1 unspecified atom stereocenters. The van der Waals surface area contributed by atoms with Crippen molar-refractivity contribution in [1.29, 1.82) is 0 Å². The highest BCUT2D eigenvalue weighted by Gasteiger charge is 2.45. The first-order valence-corrected chi connectivity index (χ1v) is 8.12. The van der Waals surface area contributed by atoms with E-state index < -0.39 is 11.4 Å². The van der Waals surface area contributed by atoms with Gasteiger partial charge in [0, 0.05) is 6.42 Å². The molecule has 23 heavy (non-hydrogen) atoms. The summed E-state index contributed by atoms with van der Waals surface area (Å²) in [7, 11) is 0. The van der Waals surface area contributed by atoms with Gasteiger partial charge in [-0.2, -0.15) is 0 Å². The van der Waals surface area contributed by atoms with Crippen LogP contribution < -0.4 is 10.1 Å². The Balaban J connectivity index is 1.97. The number of carbonyl (C=O) groups is 2. The molecule has 0 heterocycles. The largest absolute Gasteiger partial charge is 0.491 e. The standard InChI is InChI=1S/C18H25NO4/c1-12(2)23-15-7-4-6-14(10-15)13(3)19-16(20)11-18(17(21)22)8-5-9-18/h4,6-7,10,12-13H,5,8-9,11H2,1-3H3,(H,19,20)(H,21,22). The summed E-state index contributed by atoms with van der Waals surface area (Å²) in [6.07, 6.45) is 2.19. The monoisotopic (exact) mass is 319 g/mol. The molecule has 2 rings (SSSR count). The number of benzene rings is 1. The van der Waals surface area contributed by atoms with Gasteiger partial charge in [-0.3, -0.25) is 9.59 Å². The maximum absolute atomic E-state index is 12.2. The third kappa shape index (κ3) is 4.24. The molecule has 1 aromatic rings. The molecule has 1 aliphatic rings. The number of carboxylic acids is 1. The van der Waals surface area contributed by atoms with E-state index in [4.69, 9.17) is 4.74 Å². The summed E-state index contributed by atoms with van der Waals surface area (Å²) in [4.78, 5) is 23.5. The second-order valence-corrected chi connectivity index (χ2v) is 6.64. The number of rotatable bonds is 7. The molecular formula is C18H25NO4. The zero-order valence-electron chi connectivity index (χ0n) is 14.0. The lowest BCUT2D eigenvalue weighted by atomic mass is 9.66. The van der Waals surface area contributed by atoms with Crippen LogP contribution >= 0.6 is 0 Å². The van der Waals surface area contributed by atoms with Crippen molar-refractivity contribution in [2.24, 2.45) is 5.41 Å². The topological polar surface area (TPSA) is 75.6 Å². The second kappa shape index (κ2) is 7.02. The molecule has 1 aromatic carbocycles. The summed E-state index contributed by atoms with van der Waals surface area (Å²) < 4.78 is 5.66. The molecule has 0 spiro atoms. The Kier molecular flexibility index (Phi) is 5.29. The Hall–Kier alpha value is -2.04. The summed E-state index contributed by atoms with van der Waals surface area (Å²) in [5.41, 5.74) is 0.0846. The van der Waals surface area contributed by atoms with E-state index >= 15 is 0 Å². The zero-order chi connectivity index (χ0) is 17.0. The Bertz CT molecular complexity index is 578. The molecule has 0 aromatic heterocycles. The van der Waals surface area contributed by atoms with Crippen LogP contribution in [-0.2, 0) is 9.59 Å². The highest BCUT2D eigenvalue weighted by atomic mass is 16.5. The third-order valence-corrected chi connectivity index (χ3v) is 4.37. The molecule has 0 saturated heterocycles. The molecule has 0 bridgehead atoms. The summed E-state index contributed by atoms with van der Waals surface area (Å²) in [6.45, 7) is 5.81. The normalized spacial score (nSPS) is 17.2. The molecule has 0 aliphatic heterocycles. The molecule has 1 saturated carbocycles. The number of amides is 1. The highest BCUT2D eigenvalue weighted by molar-refractivity contribution is 5.85. The number of carbonyl (C=O) groups excluding carboxylic acids is 1. The van der Waals surface area contributed by atoms with E-state index in [2.05, 4.69) is 5.32 Å². The molecular weight excluding hydrogens is 294 g/mol. The van der Waals surface area contributed by atoms with Gasteiger partial charge in [0.25, 0.3) is 0 Å². The predicted molar refractivity (Wildman–Crippen MR) is 87.3 cm³/mol. The van der Waals surface area contributed by atoms with Gasteiger partial charge in [-0.1, -0.05) is 18.6 Å². The van der Waals surface area contributed by atoms with E-state index in [0.717, 1.165) is 17.7 Å². The lowest BCUT2D eigenvalue weighted by molar-refractivity contribution is -0.157. The lowest BCUT2D eigenvalue weighted by Crippen LogP contribution is -2.43. The van der Waals surface area contributed by atoms with Crippen LogP contribution in [-0.4, -0.2) is 23.1 Å². The van der Waals surface area contributed by atoms with Gasteiger partial charge in [-0.15, -0.1) is 0 Å². The van der Waals surface area contributed by atoms with Crippen molar-refractivity contribution in [2.45, 2.75) is 58.6 Å². The number of carboxylic acid groups (broad SMARTS) is 1. The van der Waals surface area contributed by atoms with Crippen molar-refractivity contribution in [3.05, 3.63) is 29.8 Å². The first kappa shape index (κ1) is 17.3. The summed E-state index contributed by atoms with van der Waals surface area (Å²) in [6, 6.07) is 7.41. The molecule has 1 atom stereocenters. The first-order chi connectivity index (χ1) is 10.8. The molecule has 5 nitrogen and oxygen atoms in total. The maximum Gasteiger partial charge on any atom is 0.310 e. The van der Waals surface area contributed by atoms with Gasteiger partial charge in [0.2, 0.25) is 5.91 Å². The lowest BCUT2D eigenvalue weighted by Gasteiger charge is -2.37. The third-order valence-electron chi connectivity index (χ3n) is 4.37. The maximum atomic E-state index is 12.2. The summed E-state index contributed by atoms with van der Waals surface area (Å²) in [5, 5.41) is 12.2. The quantitative estimate of drug-likeness (QED) is 0.808. The van der Waals surface area contributed by atoms with Crippen molar-refractivity contribution in [3.8, 4) is 5.75 Å². The van der Waals surface area contributed by atoms with Crippen LogP contribution in [0.25, 0.3) is 0 Å². The summed E-state index contributed by atoms with van der Waals surface area (Å²) >= 11 is 0. The highest BCUT2D eigenvalue weighted by Crippen LogP contribution is 2.44. The van der Waals surface area contributed by atoms with Crippen molar-refractivity contribution in [3.63, 3.8) is 0 Å². The number of nitrogens with one attached hydrogen (secondary N) is 1. The van der Waals surface area contributed by atoms with Crippen molar-refractivity contribution >= 4 is 11.9 Å². The van der Waals surface area contributed by atoms with E-state index in [1.807, 2.05) is 45.0 Å². The van der Waals surface area contributed by atoms with Crippen LogP contribution in [0.4, 0.5) is 0 Å². The molecule has 1 fully saturated rings. The van der Waals surface area contributed by atoms with Gasteiger partial charge in [-0.05, 0) is 51.3 Å². The second-order valence-electron chi connectivity index (χ2n) is 6.64. The molecule has 0 radical (unpaired) electrons. The fourth-order valence-corrected chi connectivity index (χ4v) is 2.88. The van der Waals surface area contributed by atoms with Crippen LogP contribution in [0.2, 0.25) is 0 Å². The number of hydrogen-bond donors (Lipinski definition) is 2. The van der Waals surface area contributed by atoms with Crippen molar-refractivity contribution < 1.29 is 19.4 Å². The molecule has 2 N–H and O–H groups in total. The van der Waals surface area contributed by atoms with Gasteiger partial charge in [0.15, 0.2) is 0 Å². The molecule has 126 valence electrons. The average molecular weight is 319 g/mol. The molecule has 1 amide bonds. The Morgan fingerprint density at radius 1 is 1.30 bits per heavy atom. The van der Waals surface area contributed by atoms with Crippen molar-refractivity contribution in [2.75, 3.05) is 0 Å². The Morgan fingerprint density at radius 3 is 2.52 bits per heavy atom. The van der Waals surface area contributed by atoms with Gasteiger partial charge in [-0.25, -0.2) is 0 Å². The minimum Gasteiger partial charge on any atom is -0.491 e. The fraction of sp³-hybridized carbons (Fsp3) is 0.556. The van der Waals surface area contributed by atoms with Crippen LogP contribution in [0, 0.1) is 5.41 Å². The van der Waals surface area contributed by atoms with Crippen LogP contribution in [0.15, 0.2) is 24.3 Å². The smallest absolute Gasteiger partial charge is 0.310 e. The van der Waals surface area contributed by atoms with Crippen LogP contribution in [0.1, 0.15) is 58.1 Å². The van der Waals surface area contributed by atoms with Gasteiger partial charge in [0.05, 0.1) is 17.6 Å².